The Morgan fingerprint density at radius 1 is 1.31 bits per heavy atom. The van der Waals surface area contributed by atoms with Crippen molar-refractivity contribution in [3.63, 3.8) is 0 Å². The summed E-state index contributed by atoms with van der Waals surface area (Å²) in [5, 5.41) is 10.3. The van der Waals surface area contributed by atoms with Crippen molar-refractivity contribution >= 4 is 5.91 Å². The molecule has 0 unspecified atom stereocenters. The van der Waals surface area contributed by atoms with Gasteiger partial charge in [0.1, 0.15) is 17.0 Å². The summed E-state index contributed by atoms with van der Waals surface area (Å²) in [6.07, 6.45) is -3.48. The van der Waals surface area contributed by atoms with E-state index in [1.54, 1.807) is 12.1 Å². The second-order valence-corrected chi connectivity index (χ2v) is 8.21. The first-order valence-corrected chi connectivity index (χ1v) is 10.8. The fourth-order valence-electron chi connectivity index (χ4n) is 4.29. The van der Waals surface area contributed by atoms with Crippen molar-refractivity contribution in [2.45, 2.75) is 31.3 Å². The summed E-state index contributed by atoms with van der Waals surface area (Å²) in [4.78, 5) is 33.4. The molecule has 0 saturated heterocycles. The molecule has 2 aromatic heterocycles. The molecule has 0 saturated carbocycles. The largest absolute Gasteiger partial charge is 0.573 e. The van der Waals surface area contributed by atoms with Crippen LogP contribution in [0.25, 0.3) is 0 Å². The highest BCUT2D eigenvalue weighted by Crippen LogP contribution is 2.46. The molecule has 4 rings (SSSR count). The van der Waals surface area contributed by atoms with E-state index in [0.29, 0.717) is 0 Å². The molecule has 1 amide bonds. The first-order chi connectivity index (χ1) is 17.0. The molecule has 3 aromatic rings. The predicted molar refractivity (Wildman–Crippen MR) is 118 cm³/mol. The van der Waals surface area contributed by atoms with Gasteiger partial charge >= 0.3 is 6.36 Å². The number of rotatable bonds is 6. The predicted octanol–water partition coefficient (Wildman–Crippen LogP) is 3.36. The van der Waals surface area contributed by atoms with Crippen LogP contribution < -0.4 is 15.0 Å². The lowest BCUT2D eigenvalue weighted by molar-refractivity contribution is -0.275. The molecule has 8 nitrogen and oxygen atoms in total. The summed E-state index contributed by atoms with van der Waals surface area (Å²) in [6, 6.07) is 8.52. The molecule has 0 spiro atoms. The Morgan fingerprint density at radius 2 is 2.08 bits per heavy atom. The van der Waals surface area contributed by atoms with Crippen LogP contribution in [0, 0.1) is 5.82 Å². The molecule has 190 valence electrons. The number of hydrogen-bond donors (Lipinski definition) is 2. The number of aliphatic hydroxyl groups excluding tert-OH is 1. The molecule has 3 heterocycles. The number of nitrogens with one attached hydrogen (secondary N) is 1. The van der Waals surface area contributed by atoms with Gasteiger partial charge in [-0.1, -0.05) is 6.07 Å². The Hall–Kier alpha value is -3.93. The number of benzene rings is 1. The van der Waals surface area contributed by atoms with E-state index in [-0.39, 0.29) is 42.1 Å². The minimum atomic E-state index is -5.11. The van der Waals surface area contributed by atoms with E-state index in [9.17, 15) is 32.3 Å². The van der Waals surface area contributed by atoms with Gasteiger partial charge in [0, 0.05) is 31.4 Å². The van der Waals surface area contributed by atoms with Crippen LogP contribution in [0.15, 0.2) is 59.7 Å². The first kappa shape index (κ1) is 25.2. The van der Waals surface area contributed by atoms with Crippen LogP contribution in [0.1, 0.15) is 35.0 Å². The third kappa shape index (κ3) is 4.89. The van der Waals surface area contributed by atoms with Gasteiger partial charge in [-0.3, -0.25) is 14.6 Å². The Kier molecular flexibility index (Phi) is 6.72. The molecule has 0 bridgehead atoms. The maximum Gasteiger partial charge on any atom is 0.573 e. The third-order valence-electron chi connectivity index (χ3n) is 5.70. The quantitative estimate of drug-likeness (QED) is 0.496. The van der Waals surface area contributed by atoms with Crippen molar-refractivity contribution in [3.8, 4) is 11.5 Å². The highest BCUT2D eigenvalue weighted by molar-refractivity contribution is 5.95. The number of alkyl halides is 3. The zero-order valence-corrected chi connectivity index (χ0v) is 18.9. The van der Waals surface area contributed by atoms with Crippen LogP contribution in [0.3, 0.4) is 0 Å². The van der Waals surface area contributed by atoms with Crippen molar-refractivity contribution in [3.05, 3.63) is 87.9 Å². The van der Waals surface area contributed by atoms with E-state index < -0.39 is 41.0 Å². The molecule has 0 fully saturated rings. The van der Waals surface area contributed by atoms with Crippen LogP contribution in [0.2, 0.25) is 0 Å². The average molecular weight is 507 g/mol. The summed E-state index contributed by atoms with van der Waals surface area (Å²) in [6.45, 7) is 1.24. The van der Waals surface area contributed by atoms with Gasteiger partial charge in [-0.15, -0.1) is 13.2 Å². The van der Waals surface area contributed by atoms with Crippen molar-refractivity contribution in [1.82, 2.24) is 14.9 Å². The Bertz CT molecular complexity index is 1310. The number of aliphatic hydroxyl groups is 1. The second kappa shape index (κ2) is 9.61. The van der Waals surface area contributed by atoms with E-state index >= 15 is 0 Å². The van der Waals surface area contributed by atoms with Gasteiger partial charge in [-0.05, 0) is 42.8 Å². The van der Waals surface area contributed by atoms with E-state index in [4.69, 9.17) is 4.74 Å². The molecule has 1 aliphatic heterocycles. The number of H-pyrrole nitrogens is 1. The molecule has 2 N–H and O–H groups in total. The van der Waals surface area contributed by atoms with Gasteiger partial charge < -0.3 is 24.5 Å². The molecule has 12 heteroatoms. The number of aromatic amines is 1. The number of amides is 1. The lowest BCUT2D eigenvalue weighted by Gasteiger charge is -2.47. The Balaban J connectivity index is 1.94. The normalized spacial score (nSPS) is 18.1. The summed E-state index contributed by atoms with van der Waals surface area (Å²) in [7, 11) is 0. The van der Waals surface area contributed by atoms with Gasteiger partial charge in [0.05, 0.1) is 18.3 Å². The number of ether oxygens (including phenoxy) is 2. The molecule has 0 radical (unpaired) electrons. The zero-order valence-electron chi connectivity index (χ0n) is 18.9. The fourth-order valence-corrected chi connectivity index (χ4v) is 4.29. The lowest BCUT2D eigenvalue weighted by atomic mass is 9.79. The minimum absolute atomic E-state index is 0.0394. The van der Waals surface area contributed by atoms with Gasteiger partial charge in [0.25, 0.3) is 5.91 Å². The van der Waals surface area contributed by atoms with Crippen LogP contribution >= 0.6 is 0 Å². The van der Waals surface area contributed by atoms with Gasteiger partial charge in [-0.25, -0.2) is 4.39 Å². The number of nitrogens with zero attached hydrogens (tertiary/aromatic N) is 2. The minimum Gasteiger partial charge on any atom is -0.491 e. The Morgan fingerprint density at radius 3 is 2.72 bits per heavy atom. The molecular weight excluding hydrogens is 486 g/mol. The SMILES string of the molecule is C[C@@H](O)CN(C(=O)c1ccc(=O)[nH]c1)[C@]1(c2ccc(OC(F)(F)F)c(F)c2)CCOc2cccnc21. The van der Waals surface area contributed by atoms with Gasteiger partial charge in [0.2, 0.25) is 5.56 Å². The van der Waals surface area contributed by atoms with Crippen LogP contribution in [-0.4, -0.2) is 51.5 Å². The number of aromatic nitrogens is 2. The van der Waals surface area contributed by atoms with Crippen molar-refractivity contribution in [1.29, 1.82) is 0 Å². The van der Waals surface area contributed by atoms with Crippen molar-refractivity contribution < 1.29 is 36.9 Å². The molecule has 1 aliphatic rings. The Labute approximate surface area is 202 Å². The van der Waals surface area contributed by atoms with Crippen LogP contribution in [0.4, 0.5) is 17.6 Å². The van der Waals surface area contributed by atoms with E-state index in [1.165, 1.54) is 36.4 Å². The lowest BCUT2D eigenvalue weighted by Crippen LogP contribution is -2.55. The maximum atomic E-state index is 14.9. The summed E-state index contributed by atoms with van der Waals surface area (Å²) < 4.78 is 62.5. The average Bonchev–Trinajstić information content (AvgIpc) is 2.82. The maximum absolute atomic E-state index is 14.9. The molecule has 36 heavy (non-hydrogen) atoms. The van der Waals surface area contributed by atoms with Crippen molar-refractivity contribution in [2.75, 3.05) is 13.2 Å². The van der Waals surface area contributed by atoms with E-state index in [0.717, 1.165) is 18.2 Å². The third-order valence-corrected chi connectivity index (χ3v) is 5.70. The number of carbonyl (C=O) groups is 1. The molecule has 2 atom stereocenters. The summed E-state index contributed by atoms with van der Waals surface area (Å²) in [5.74, 6) is -2.70. The zero-order chi connectivity index (χ0) is 26.1. The second-order valence-electron chi connectivity index (χ2n) is 8.21. The number of pyridine rings is 2. The summed E-state index contributed by atoms with van der Waals surface area (Å²) >= 11 is 0. The number of fused-ring (bicyclic) bond motifs is 1. The number of halogens is 4. The first-order valence-electron chi connectivity index (χ1n) is 10.8. The van der Waals surface area contributed by atoms with Crippen LogP contribution in [-0.2, 0) is 5.54 Å². The standard InChI is InChI=1S/C24H21F4N3O5/c1-14(32)13-31(22(34)15-4-7-20(33)30-12-15)23(8-10-35-19-3-2-9-29-21(19)23)16-5-6-18(17(25)11-16)36-24(26,27)28/h2-7,9,11-12,14,32H,8,10,13H2,1H3,(H,30,33)/t14-,23+/m1/s1. The summed E-state index contributed by atoms with van der Waals surface area (Å²) in [5.41, 5.74) is -1.62. The van der Waals surface area contributed by atoms with Crippen molar-refractivity contribution in [2.24, 2.45) is 0 Å². The van der Waals surface area contributed by atoms with Crippen LogP contribution in [0.5, 0.6) is 11.5 Å². The number of carbonyl (C=O) groups excluding carboxylic acids is 1. The van der Waals surface area contributed by atoms with Gasteiger partial charge in [0.15, 0.2) is 11.6 Å². The highest BCUT2D eigenvalue weighted by Gasteiger charge is 2.49. The smallest absolute Gasteiger partial charge is 0.491 e. The van der Waals surface area contributed by atoms with E-state index in [1.807, 2.05) is 0 Å². The highest BCUT2D eigenvalue weighted by atomic mass is 19.4. The molecular formula is C24H21F4N3O5. The van der Waals surface area contributed by atoms with Gasteiger partial charge in [-0.2, -0.15) is 0 Å². The monoisotopic (exact) mass is 507 g/mol. The molecule has 0 aliphatic carbocycles. The number of hydrogen-bond acceptors (Lipinski definition) is 6. The topological polar surface area (TPSA) is 105 Å². The van der Waals surface area contributed by atoms with E-state index in [2.05, 4.69) is 14.7 Å². The fraction of sp³-hybridized carbons (Fsp3) is 0.292. The molecule has 1 aromatic carbocycles.